The van der Waals surface area contributed by atoms with Crippen molar-refractivity contribution in [3.63, 3.8) is 0 Å². The van der Waals surface area contributed by atoms with E-state index < -0.39 is 41.9 Å². The molecular formula is C25H28F2N6O6. The molecule has 0 aliphatic carbocycles. The number of ether oxygens (including phenoxy) is 2. The number of hydrogen-bond donors (Lipinski definition) is 2. The summed E-state index contributed by atoms with van der Waals surface area (Å²) in [6, 6.07) is 6.15. The molecule has 2 atom stereocenters. The van der Waals surface area contributed by atoms with Crippen LogP contribution in [0.5, 0.6) is 0 Å². The lowest BCUT2D eigenvalue weighted by molar-refractivity contribution is -0.133. The molecule has 39 heavy (non-hydrogen) atoms. The van der Waals surface area contributed by atoms with Crippen molar-refractivity contribution >= 4 is 35.4 Å². The van der Waals surface area contributed by atoms with E-state index in [0.29, 0.717) is 0 Å². The summed E-state index contributed by atoms with van der Waals surface area (Å²) in [7, 11) is 1.19. The summed E-state index contributed by atoms with van der Waals surface area (Å²) in [4.78, 5) is 56.7. The van der Waals surface area contributed by atoms with E-state index in [1.54, 1.807) is 19.1 Å². The van der Waals surface area contributed by atoms with E-state index in [9.17, 15) is 19.2 Å². The number of nitrogens with zero attached hydrogens (tertiary/aromatic N) is 4. The highest BCUT2D eigenvalue weighted by molar-refractivity contribution is 5.96. The van der Waals surface area contributed by atoms with Crippen LogP contribution < -0.4 is 20.4 Å². The number of methoxy groups -OCH3 is 1. The molecule has 0 radical (unpaired) electrons. The number of alkyl carbamates (subject to hydrolysis) is 1. The lowest BCUT2D eigenvalue weighted by atomic mass is 10.1. The molecule has 2 fully saturated rings. The van der Waals surface area contributed by atoms with E-state index in [4.69, 9.17) is 4.74 Å². The molecule has 3 heterocycles. The Balaban J connectivity index is 1.34. The Morgan fingerprint density at radius 3 is 2.46 bits per heavy atom. The number of piperazine rings is 1. The third-order valence-corrected chi connectivity index (χ3v) is 6.37. The molecule has 0 spiro atoms. The largest absolute Gasteiger partial charge is 0.453 e. The molecule has 4 amide bonds. The number of amides is 4. The minimum absolute atomic E-state index is 0.0170. The van der Waals surface area contributed by atoms with Crippen LogP contribution >= 0.6 is 0 Å². The average Bonchev–Trinajstić information content (AvgIpc) is 3.32. The van der Waals surface area contributed by atoms with Gasteiger partial charge in [0, 0.05) is 44.5 Å². The van der Waals surface area contributed by atoms with Gasteiger partial charge in [-0.15, -0.1) is 0 Å². The Morgan fingerprint density at radius 2 is 1.85 bits per heavy atom. The molecule has 12 nitrogen and oxygen atoms in total. The summed E-state index contributed by atoms with van der Waals surface area (Å²) in [5.74, 6) is -2.54. The Labute approximate surface area is 222 Å². The van der Waals surface area contributed by atoms with Gasteiger partial charge in [0.05, 0.1) is 25.9 Å². The van der Waals surface area contributed by atoms with Gasteiger partial charge in [-0.2, -0.15) is 0 Å². The molecule has 2 N–H and O–H groups in total. The lowest BCUT2D eigenvalue weighted by Crippen LogP contribution is -2.54. The number of carbonyl (C=O) groups excluding carboxylic acids is 4. The number of carbonyl (C=O) groups is 4. The number of halogens is 2. The maximum Gasteiger partial charge on any atom is 0.414 e. The predicted octanol–water partition coefficient (Wildman–Crippen LogP) is 1.51. The number of pyridine rings is 1. The van der Waals surface area contributed by atoms with Crippen LogP contribution in [0.15, 0.2) is 36.5 Å². The van der Waals surface area contributed by atoms with E-state index in [-0.39, 0.29) is 62.2 Å². The van der Waals surface area contributed by atoms with Crippen LogP contribution in [0.4, 0.5) is 29.7 Å². The van der Waals surface area contributed by atoms with Crippen molar-refractivity contribution in [1.82, 2.24) is 20.5 Å². The monoisotopic (exact) mass is 546 g/mol. The molecule has 2 aromatic rings. The van der Waals surface area contributed by atoms with Crippen molar-refractivity contribution in [1.29, 1.82) is 0 Å². The van der Waals surface area contributed by atoms with E-state index >= 15 is 8.78 Å². The summed E-state index contributed by atoms with van der Waals surface area (Å²) in [5, 5.41) is 5.02. The molecule has 14 heteroatoms. The van der Waals surface area contributed by atoms with Crippen molar-refractivity contribution in [3.05, 3.63) is 53.9 Å². The van der Waals surface area contributed by atoms with Gasteiger partial charge in [-0.05, 0) is 19.1 Å². The Kier molecular flexibility index (Phi) is 8.42. The van der Waals surface area contributed by atoms with Gasteiger partial charge >= 0.3 is 12.2 Å². The second-order valence-corrected chi connectivity index (χ2v) is 8.97. The third-order valence-electron chi connectivity index (χ3n) is 6.37. The van der Waals surface area contributed by atoms with Gasteiger partial charge in [0.2, 0.25) is 5.91 Å². The van der Waals surface area contributed by atoms with Crippen LogP contribution in [0.2, 0.25) is 0 Å². The number of nitrogens with one attached hydrogen (secondary N) is 2. The van der Waals surface area contributed by atoms with Crippen LogP contribution in [0.3, 0.4) is 0 Å². The van der Waals surface area contributed by atoms with Crippen LogP contribution in [0.1, 0.15) is 17.4 Å². The summed E-state index contributed by atoms with van der Waals surface area (Å²) >= 11 is 0. The first-order chi connectivity index (χ1) is 18.7. The first kappa shape index (κ1) is 27.5. The second-order valence-electron chi connectivity index (χ2n) is 8.97. The molecule has 0 saturated carbocycles. The van der Waals surface area contributed by atoms with Crippen molar-refractivity contribution in [3.8, 4) is 0 Å². The summed E-state index contributed by atoms with van der Waals surface area (Å²) in [6.45, 7) is 2.23. The fraction of sp³-hybridized carbons (Fsp3) is 0.400. The molecule has 4 rings (SSSR count). The Bertz CT molecular complexity index is 1220. The summed E-state index contributed by atoms with van der Waals surface area (Å²) < 4.78 is 39.8. The van der Waals surface area contributed by atoms with Crippen LogP contribution in [0, 0.1) is 11.6 Å². The molecule has 1 aromatic carbocycles. The highest BCUT2D eigenvalue weighted by atomic mass is 19.1. The minimum Gasteiger partial charge on any atom is -0.453 e. The fourth-order valence-electron chi connectivity index (χ4n) is 4.37. The molecule has 0 unspecified atom stereocenters. The van der Waals surface area contributed by atoms with E-state index in [1.165, 1.54) is 29.2 Å². The summed E-state index contributed by atoms with van der Waals surface area (Å²) in [6.07, 6.45) is -0.737. The van der Waals surface area contributed by atoms with E-state index in [2.05, 4.69) is 20.4 Å². The smallest absolute Gasteiger partial charge is 0.414 e. The topological polar surface area (TPSA) is 133 Å². The number of aromatic nitrogens is 1. The van der Waals surface area contributed by atoms with Crippen molar-refractivity contribution < 1.29 is 37.4 Å². The molecule has 2 aliphatic rings. The van der Waals surface area contributed by atoms with Crippen molar-refractivity contribution in [2.45, 2.75) is 19.1 Å². The maximum atomic E-state index is 15.1. The van der Waals surface area contributed by atoms with Gasteiger partial charge in [0.25, 0.3) is 5.91 Å². The third kappa shape index (κ3) is 6.33. The van der Waals surface area contributed by atoms with Crippen LogP contribution in [0.25, 0.3) is 0 Å². The first-order valence-corrected chi connectivity index (χ1v) is 12.2. The molecular weight excluding hydrogens is 518 g/mol. The van der Waals surface area contributed by atoms with Gasteiger partial charge in [-0.1, -0.05) is 6.07 Å². The maximum absolute atomic E-state index is 15.1. The quantitative estimate of drug-likeness (QED) is 0.534. The van der Waals surface area contributed by atoms with Crippen LogP contribution in [-0.4, -0.2) is 92.4 Å². The normalized spacial score (nSPS) is 17.9. The van der Waals surface area contributed by atoms with Gasteiger partial charge in [-0.3, -0.25) is 19.5 Å². The standard InChI is InChI=1S/C25H28F2N6O6/c1-15(30-22(34)20-5-3-4-6-28-20)23(35)32-9-7-31(8-10-32)21-18(26)11-16(12-19(21)27)33-14-17(39-25(33)37)13-29-24(36)38-2/h3-6,11-12,15,17H,7-10,13-14H2,1-2H3,(H,29,36)(H,30,34)/t15-,17-/m0/s1. The fourth-order valence-corrected chi connectivity index (χ4v) is 4.37. The first-order valence-electron chi connectivity index (χ1n) is 12.2. The minimum atomic E-state index is -0.871. The molecule has 2 saturated heterocycles. The molecule has 1 aromatic heterocycles. The Hall–Kier alpha value is -4.49. The summed E-state index contributed by atoms with van der Waals surface area (Å²) in [5.41, 5.74) is -0.101. The van der Waals surface area contributed by atoms with Gasteiger partial charge in [0.15, 0.2) is 11.6 Å². The number of anilines is 2. The highest BCUT2D eigenvalue weighted by Crippen LogP contribution is 2.31. The SMILES string of the molecule is COC(=O)NC[C@H]1CN(c2cc(F)c(N3CCN(C(=O)[C@H](C)NC(=O)c4ccccn4)CC3)c(F)c2)C(=O)O1. The van der Waals surface area contributed by atoms with E-state index in [1.807, 2.05) is 0 Å². The zero-order valence-electron chi connectivity index (χ0n) is 21.4. The van der Waals surface area contributed by atoms with E-state index in [0.717, 1.165) is 17.0 Å². The van der Waals surface area contributed by atoms with Gasteiger partial charge in [0.1, 0.15) is 23.5 Å². The van der Waals surface area contributed by atoms with Crippen molar-refractivity contribution in [2.24, 2.45) is 0 Å². The lowest BCUT2D eigenvalue weighted by Gasteiger charge is -2.37. The molecule has 208 valence electrons. The number of benzene rings is 1. The predicted molar refractivity (Wildman–Crippen MR) is 134 cm³/mol. The Morgan fingerprint density at radius 1 is 1.15 bits per heavy atom. The number of rotatable bonds is 7. The zero-order chi connectivity index (χ0) is 28.1. The molecule has 2 aliphatic heterocycles. The highest BCUT2D eigenvalue weighted by Gasteiger charge is 2.34. The number of cyclic esters (lactones) is 1. The second kappa shape index (κ2) is 11.9. The zero-order valence-corrected chi connectivity index (χ0v) is 21.4. The molecule has 0 bridgehead atoms. The van der Waals surface area contributed by atoms with Gasteiger partial charge < -0.3 is 29.9 Å². The number of hydrogen-bond acceptors (Lipinski definition) is 8. The van der Waals surface area contributed by atoms with Gasteiger partial charge in [-0.25, -0.2) is 18.4 Å². The average molecular weight is 547 g/mol. The van der Waals surface area contributed by atoms with Crippen molar-refractivity contribution in [2.75, 3.05) is 56.2 Å². The van der Waals surface area contributed by atoms with Crippen LogP contribution in [-0.2, 0) is 14.3 Å².